The first-order chi connectivity index (χ1) is 11.5. The lowest BCUT2D eigenvalue weighted by Crippen LogP contribution is -2.58. The van der Waals surface area contributed by atoms with Gasteiger partial charge in [0, 0.05) is 31.7 Å². The molecule has 6 nitrogen and oxygen atoms in total. The van der Waals surface area contributed by atoms with Crippen molar-refractivity contribution in [3.63, 3.8) is 0 Å². The Morgan fingerprint density at radius 3 is 2.67 bits per heavy atom. The van der Waals surface area contributed by atoms with E-state index in [1.807, 2.05) is 0 Å². The second-order valence-corrected chi connectivity index (χ2v) is 6.39. The summed E-state index contributed by atoms with van der Waals surface area (Å²) in [5.41, 5.74) is 5.81. The fraction of sp³-hybridized carbons (Fsp3) is 0.529. The SMILES string of the molecule is NC(=O)N1CCCC(C(=O)N2CC(OCc3ccccc3F)C2)C1. The number of carbonyl (C=O) groups is 2. The van der Waals surface area contributed by atoms with Gasteiger partial charge in [-0.3, -0.25) is 4.79 Å². The normalized spacial score (nSPS) is 21.5. The molecule has 2 fully saturated rings. The molecule has 1 atom stereocenters. The van der Waals surface area contributed by atoms with Gasteiger partial charge in [-0.05, 0) is 18.9 Å². The summed E-state index contributed by atoms with van der Waals surface area (Å²) in [5.74, 6) is -0.413. The molecule has 3 amide bonds. The number of carbonyl (C=O) groups excluding carboxylic acids is 2. The molecule has 0 bridgehead atoms. The Labute approximate surface area is 140 Å². The van der Waals surface area contributed by atoms with E-state index >= 15 is 0 Å². The van der Waals surface area contributed by atoms with Crippen molar-refractivity contribution in [3.05, 3.63) is 35.6 Å². The van der Waals surface area contributed by atoms with Crippen LogP contribution in [0.15, 0.2) is 24.3 Å². The van der Waals surface area contributed by atoms with Crippen molar-refractivity contribution in [1.29, 1.82) is 0 Å². The Morgan fingerprint density at radius 2 is 1.96 bits per heavy atom. The molecule has 2 aliphatic heterocycles. The lowest BCUT2D eigenvalue weighted by molar-refractivity contribution is -0.151. The largest absolute Gasteiger partial charge is 0.370 e. The minimum absolute atomic E-state index is 0.0479. The molecule has 2 saturated heterocycles. The third-order valence-corrected chi connectivity index (χ3v) is 4.67. The monoisotopic (exact) mass is 335 g/mol. The molecule has 3 rings (SSSR count). The second kappa shape index (κ2) is 7.17. The van der Waals surface area contributed by atoms with Gasteiger partial charge in [-0.25, -0.2) is 9.18 Å². The maximum absolute atomic E-state index is 13.5. The molecular formula is C17H22FN3O3. The van der Waals surface area contributed by atoms with Gasteiger partial charge in [0.15, 0.2) is 0 Å². The molecule has 1 unspecified atom stereocenters. The van der Waals surface area contributed by atoms with Crippen LogP contribution in [-0.4, -0.2) is 54.0 Å². The summed E-state index contributed by atoms with van der Waals surface area (Å²) in [6, 6.07) is 6.04. The number of amides is 3. The van der Waals surface area contributed by atoms with E-state index in [0.717, 1.165) is 12.8 Å². The topological polar surface area (TPSA) is 75.9 Å². The van der Waals surface area contributed by atoms with Crippen molar-refractivity contribution >= 4 is 11.9 Å². The van der Waals surface area contributed by atoms with E-state index in [-0.39, 0.29) is 30.4 Å². The van der Waals surface area contributed by atoms with Crippen molar-refractivity contribution in [2.45, 2.75) is 25.6 Å². The fourth-order valence-corrected chi connectivity index (χ4v) is 3.18. The van der Waals surface area contributed by atoms with Gasteiger partial charge < -0.3 is 20.3 Å². The summed E-state index contributed by atoms with van der Waals surface area (Å²) < 4.78 is 19.2. The highest BCUT2D eigenvalue weighted by Gasteiger charge is 2.37. The number of halogens is 1. The van der Waals surface area contributed by atoms with Crippen LogP contribution < -0.4 is 5.73 Å². The summed E-state index contributed by atoms with van der Waals surface area (Å²) in [6.45, 7) is 2.25. The number of nitrogens with zero attached hydrogens (tertiary/aromatic N) is 2. The van der Waals surface area contributed by atoms with Crippen molar-refractivity contribution < 1.29 is 18.7 Å². The number of ether oxygens (including phenoxy) is 1. The van der Waals surface area contributed by atoms with Gasteiger partial charge in [-0.15, -0.1) is 0 Å². The van der Waals surface area contributed by atoms with Crippen molar-refractivity contribution in [2.75, 3.05) is 26.2 Å². The molecule has 2 heterocycles. The standard InChI is InChI=1S/C17H22FN3O3/c18-15-6-2-1-4-13(15)11-24-14-9-21(10-14)16(22)12-5-3-7-20(8-12)17(19)23/h1-2,4,6,12,14H,3,5,7-11H2,(H2,19,23). The number of benzene rings is 1. The minimum Gasteiger partial charge on any atom is -0.370 e. The van der Waals surface area contributed by atoms with E-state index in [1.165, 1.54) is 11.0 Å². The minimum atomic E-state index is -0.470. The van der Waals surface area contributed by atoms with Gasteiger partial charge in [0.05, 0.1) is 18.6 Å². The molecule has 0 radical (unpaired) electrons. The first-order valence-electron chi connectivity index (χ1n) is 8.22. The van der Waals surface area contributed by atoms with E-state index in [1.54, 1.807) is 23.1 Å². The first-order valence-corrected chi connectivity index (χ1v) is 8.22. The number of piperidine rings is 1. The number of hydrogen-bond acceptors (Lipinski definition) is 3. The highest BCUT2D eigenvalue weighted by molar-refractivity contribution is 5.81. The average Bonchev–Trinajstić information content (AvgIpc) is 2.54. The van der Waals surface area contributed by atoms with Crippen LogP contribution in [0, 0.1) is 11.7 Å². The highest BCUT2D eigenvalue weighted by atomic mass is 19.1. The van der Waals surface area contributed by atoms with Crippen molar-refractivity contribution in [3.8, 4) is 0 Å². The number of rotatable bonds is 4. The highest BCUT2D eigenvalue weighted by Crippen LogP contribution is 2.23. The lowest BCUT2D eigenvalue weighted by Gasteiger charge is -2.42. The quantitative estimate of drug-likeness (QED) is 0.902. The molecule has 7 heteroatoms. The first kappa shape index (κ1) is 16.7. The van der Waals surface area contributed by atoms with Crippen LogP contribution >= 0.6 is 0 Å². The van der Waals surface area contributed by atoms with E-state index < -0.39 is 6.03 Å². The zero-order chi connectivity index (χ0) is 17.1. The van der Waals surface area contributed by atoms with E-state index in [2.05, 4.69) is 0 Å². The third kappa shape index (κ3) is 3.67. The molecule has 24 heavy (non-hydrogen) atoms. The van der Waals surface area contributed by atoms with E-state index in [9.17, 15) is 14.0 Å². The second-order valence-electron chi connectivity index (χ2n) is 6.39. The van der Waals surface area contributed by atoms with Crippen molar-refractivity contribution in [2.24, 2.45) is 11.7 Å². The molecule has 1 aromatic carbocycles. The number of nitrogens with two attached hydrogens (primary N) is 1. The zero-order valence-corrected chi connectivity index (χ0v) is 13.5. The summed E-state index contributed by atoms with van der Waals surface area (Å²) in [5, 5.41) is 0. The third-order valence-electron chi connectivity index (χ3n) is 4.67. The zero-order valence-electron chi connectivity index (χ0n) is 13.5. The average molecular weight is 335 g/mol. The molecule has 2 aliphatic rings. The number of hydrogen-bond donors (Lipinski definition) is 1. The Morgan fingerprint density at radius 1 is 1.21 bits per heavy atom. The number of urea groups is 1. The number of likely N-dealkylation sites (tertiary alicyclic amines) is 2. The van der Waals surface area contributed by atoms with Crippen LogP contribution in [0.2, 0.25) is 0 Å². The van der Waals surface area contributed by atoms with E-state index in [4.69, 9.17) is 10.5 Å². The predicted molar refractivity (Wildman–Crippen MR) is 85.4 cm³/mol. The van der Waals surface area contributed by atoms with Crippen LogP contribution in [0.1, 0.15) is 18.4 Å². The summed E-state index contributed by atoms with van der Waals surface area (Å²) in [6.07, 6.45) is 1.50. The van der Waals surface area contributed by atoms with Crippen molar-refractivity contribution in [1.82, 2.24) is 9.80 Å². The van der Waals surface area contributed by atoms with Crippen LogP contribution in [0.5, 0.6) is 0 Å². The molecule has 130 valence electrons. The molecule has 0 aromatic heterocycles. The Balaban J connectivity index is 1.43. The molecule has 0 saturated carbocycles. The Hall–Kier alpha value is -2.15. The lowest BCUT2D eigenvalue weighted by atomic mass is 9.95. The Bertz CT molecular complexity index is 619. The maximum Gasteiger partial charge on any atom is 0.314 e. The van der Waals surface area contributed by atoms with Gasteiger partial charge >= 0.3 is 6.03 Å². The number of primary amides is 1. The van der Waals surface area contributed by atoms with Gasteiger partial charge in [0.1, 0.15) is 5.82 Å². The molecule has 1 aromatic rings. The van der Waals surface area contributed by atoms with E-state index in [0.29, 0.717) is 31.7 Å². The van der Waals surface area contributed by atoms with Crippen LogP contribution in [0.4, 0.5) is 9.18 Å². The molecule has 0 aliphatic carbocycles. The van der Waals surface area contributed by atoms with Gasteiger partial charge in [0.25, 0.3) is 0 Å². The summed E-state index contributed by atoms with van der Waals surface area (Å²) in [7, 11) is 0. The van der Waals surface area contributed by atoms with Crippen LogP contribution in [0.25, 0.3) is 0 Å². The molecule has 0 spiro atoms. The fourth-order valence-electron chi connectivity index (χ4n) is 3.18. The molecular weight excluding hydrogens is 313 g/mol. The predicted octanol–water partition coefficient (Wildman–Crippen LogP) is 1.34. The van der Waals surface area contributed by atoms with Gasteiger partial charge in [-0.2, -0.15) is 0 Å². The van der Waals surface area contributed by atoms with Crippen LogP contribution in [-0.2, 0) is 16.1 Å². The molecule has 2 N–H and O–H groups in total. The smallest absolute Gasteiger partial charge is 0.314 e. The van der Waals surface area contributed by atoms with Gasteiger partial charge in [-0.1, -0.05) is 18.2 Å². The maximum atomic E-state index is 13.5. The van der Waals surface area contributed by atoms with Gasteiger partial charge in [0.2, 0.25) is 5.91 Å². The Kier molecular flexibility index (Phi) is 4.99. The summed E-state index contributed by atoms with van der Waals surface area (Å²) >= 11 is 0. The van der Waals surface area contributed by atoms with Crippen LogP contribution in [0.3, 0.4) is 0 Å². The summed E-state index contributed by atoms with van der Waals surface area (Å²) in [4.78, 5) is 27.0.